The van der Waals surface area contributed by atoms with Crippen molar-refractivity contribution in [3.8, 4) is 28.1 Å². The van der Waals surface area contributed by atoms with E-state index in [1.165, 1.54) is 35.9 Å². The average Bonchev–Trinajstić information content (AvgIpc) is 3.62. The standard InChI is InChI=1S/C31H25F3N6O2S/c1-15-10-19(8-9-22(15)42-31(33)34)26-25-28(35)36-14-37-29(25)40(38-26)27(17-6-7-17)21-12-23-39(16(2)13-43-23)30(41)24(21)18-4-3-5-20(32)11-18/h3-5,8-14,17,27,31H,6-7H2,1-2H3,(H2,35,36,37)/t27-/m0/s1. The quantitative estimate of drug-likeness (QED) is 0.216. The van der Waals surface area contributed by atoms with Crippen molar-refractivity contribution in [2.24, 2.45) is 5.92 Å². The zero-order chi connectivity index (χ0) is 30.0. The normalized spacial score (nSPS) is 14.2. The first-order valence-electron chi connectivity index (χ1n) is 13.7. The van der Waals surface area contributed by atoms with Gasteiger partial charge in [0.05, 0.1) is 17.0 Å². The lowest BCUT2D eigenvalue weighted by molar-refractivity contribution is -0.0502. The molecule has 1 aliphatic carbocycles. The number of aromatic nitrogens is 5. The summed E-state index contributed by atoms with van der Waals surface area (Å²) in [7, 11) is 0. The number of benzene rings is 2. The number of aryl methyl sites for hydroxylation is 2. The summed E-state index contributed by atoms with van der Waals surface area (Å²) in [6.07, 6.45) is 3.15. The van der Waals surface area contributed by atoms with Crippen LogP contribution in [0.3, 0.4) is 0 Å². The number of halogens is 3. The summed E-state index contributed by atoms with van der Waals surface area (Å²) in [5.41, 5.74) is 10.6. The fourth-order valence-corrected chi connectivity index (χ4v) is 6.73. The molecule has 1 saturated carbocycles. The molecule has 4 heterocycles. The number of hydrogen-bond donors (Lipinski definition) is 1. The molecule has 12 heteroatoms. The van der Waals surface area contributed by atoms with Gasteiger partial charge in [-0.15, -0.1) is 11.3 Å². The van der Waals surface area contributed by atoms with Crippen molar-refractivity contribution in [3.63, 3.8) is 0 Å². The number of thiazole rings is 1. The third-order valence-electron chi connectivity index (χ3n) is 7.85. The first kappa shape index (κ1) is 27.1. The monoisotopic (exact) mass is 602 g/mol. The van der Waals surface area contributed by atoms with E-state index in [-0.39, 0.29) is 23.0 Å². The van der Waals surface area contributed by atoms with Gasteiger partial charge in [-0.2, -0.15) is 13.9 Å². The van der Waals surface area contributed by atoms with Crippen molar-refractivity contribution < 1.29 is 17.9 Å². The Morgan fingerprint density at radius 2 is 1.88 bits per heavy atom. The topological polar surface area (TPSA) is 100 Å². The van der Waals surface area contributed by atoms with Crippen LogP contribution in [0, 0.1) is 25.6 Å². The minimum Gasteiger partial charge on any atom is -0.435 e. The maximum atomic E-state index is 14.5. The van der Waals surface area contributed by atoms with Crippen molar-refractivity contribution in [2.45, 2.75) is 39.3 Å². The fraction of sp³-hybridized carbons (Fsp3) is 0.226. The van der Waals surface area contributed by atoms with Gasteiger partial charge in [0.25, 0.3) is 5.56 Å². The van der Waals surface area contributed by atoms with E-state index in [0.29, 0.717) is 44.5 Å². The van der Waals surface area contributed by atoms with Crippen LogP contribution in [0.5, 0.6) is 5.75 Å². The van der Waals surface area contributed by atoms with E-state index in [9.17, 15) is 18.0 Å². The van der Waals surface area contributed by atoms with Gasteiger partial charge in [-0.05, 0) is 85.7 Å². The Morgan fingerprint density at radius 1 is 1.07 bits per heavy atom. The number of pyridine rings is 1. The maximum Gasteiger partial charge on any atom is 0.387 e. The number of alkyl halides is 2. The van der Waals surface area contributed by atoms with E-state index in [2.05, 4.69) is 14.7 Å². The molecule has 0 aliphatic heterocycles. The molecule has 1 fully saturated rings. The zero-order valence-electron chi connectivity index (χ0n) is 23.1. The molecule has 218 valence electrons. The number of nitrogens with zero attached hydrogens (tertiary/aromatic N) is 5. The lowest BCUT2D eigenvalue weighted by Gasteiger charge is -2.22. The second kappa shape index (κ2) is 10.2. The molecule has 1 aliphatic rings. The van der Waals surface area contributed by atoms with Crippen molar-refractivity contribution in [2.75, 3.05) is 5.73 Å². The highest BCUT2D eigenvalue weighted by molar-refractivity contribution is 7.15. The summed E-state index contributed by atoms with van der Waals surface area (Å²) in [6.45, 7) is 0.587. The van der Waals surface area contributed by atoms with Gasteiger partial charge in [-0.1, -0.05) is 12.1 Å². The van der Waals surface area contributed by atoms with Crippen LogP contribution < -0.4 is 16.0 Å². The summed E-state index contributed by atoms with van der Waals surface area (Å²) in [4.78, 5) is 23.7. The molecule has 4 aromatic heterocycles. The minimum atomic E-state index is -2.95. The number of fused-ring (bicyclic) bond motifs is 2. The predicted octanol–water partition coefficient (Wildman–Crippen LogP) is 6.77. The highest BCUT2D eigenvalue weighted by atomic mass is 32.1. The van der Waals surface area contributed by atoms with Crippen LogP contribution in [0.25, 0.3) is 38.2 Å². The Balaban J connectivity index is 1.49. The smallest absolute Gasteiger partial charge is 0.387 e. The predicted molar refractivity (Wildman–Crippen MR) is 159 cm³/mol. The highest BCUT2D eigenvalue weighted by Gasteiger charge is 2.39. The molecule has 7 rings (SSSR count). The van der Waals surface area contributed by atoms with Crippen LogP contribution in [0.4, 0.5) is 19.0 Å². The zero-order valence-corrected chi connectivity index (χ0v) is 23.9. The van der Waals surface area contributed by atoms with Gasteiger partial charge < -0.3 is 10.5 Å². The minimum absolute atomic E-state index is 0.0577. The van der Waals surface area contributed by atoms with Crippen molar-refractivity contribution in [1.82, 2.24) is 24.1 Å². The lowest BCUT2D eigenvalue weighted by Crippen LogP contribution is -2.23. The summed E-state index contributed by atoms with van der Waals surface area (Å²) < 4.78 is 48.4. The Hall–Kier alpha value is -4.71. The van der Waals surface area contributed by atoms with Crippen LogP contribution in [0.2, 0.25) is 0 Å². The van der Waals surface area contributed by atoms with E-state index >= 15 is 0 Å². The second-order valence-electron chi connectivity index (χ2n) is 10.7. The molecule has 1 atom stereocenters. The second-order valence-corrected chi connectivity index (χ2v) is 11.6. The molecular formula is C31H25F3N6O2S. The Bertz CT molecular complexity index is 2100. The van der Waals surface area contributed by atoms with Gasteiger partial charge in [0, 0.05) is 16.6 Å². The van der Waals surface area contributed by atoms with Gasteiger partial charge in [-0.3, -0.25) is 9.20 Å². The molecule has 0 spiro atoms. The van der Waals surface area contributed by atoms with Crippen molar-refractivity contribution >= 4 is 33.0 Å². The largest absolute Gasteiger partial charge is 0.435 e. The van der Waals surface area contributed by atoms with E-state index in [1.807, 2.05) is 18.4 Å². The molecule has 0 unspecified atom stereocenters. The van der Waals surface area contributed by atoms with E-state index in [4.69, 9.17) is 10.8 Å². The molecule has 2 N–H and O–H groups in total. The lowest BCUT2D eigenvalue weighted by atomic mass is 9.93. The van der Waals surface area contributed by atoms with Crippen LogP contribution in [0.1, 0.15) is 35.7 Å². The third-order valence-corrected chi connectivity index (χ3v) is 8.86. The van der Waals surface area contributed by atoms with Gasteiger partial charge in [0.2, 0.25) is 0 Å². The summed E-state index contributed by atoms with van der Waals surface area (Å²) in [5, 5.41) is 7.45. The maximum absolute atomic E-state index is 14.5. The number of nitrogens with two attached hydrogens (primary N) is 1. The van der Waals surface area contributed by atoms with E-state index < -0.39 is 18.5 Å². The number of hydrogen-bond acceptors (Lipinski definition) is 7. The van der Waals surface area contributed by atoms with Crippen LogP contribution in [-0.4, -0.2) is 30.8 Å². The molecule has 43 heavy (non-hydrogen) atoms. The molecule has 0 saturated heterocycles. The van der Waals surface area contributed by atoms with Crippen molar-refractivity contribution in [3.05, 3.63) is 93.2 Å². The number of rotatable bonds is 7. The summed E-state index contributed by atoms with van der Waals surface area (Å²) in [6, 6.07) is 12.4. The Labute approximate surface area is 247 Å². The van der Waals surface area contributed by atoms with Gasteiger partial charge >= 0.3 is 6.61 Å². The van der Waals surface area contributed by atoms with Crippen LogP contribution >= 0.6 is 11.3 Å². The first-order valence-corrected chi connectivity index (χ1v) is 14.5. The van der Waals surface area contributed by atoms with Gasteiger partial charge in [0.15, 0.2) is 5.65 Å². The molecule has 2 aromatic carbocycles. The molecule has 6 aromatic rings. The third kappa shape index (κ3) is 4.62. The van der Waals surface area contributed by atoms with Crippen molar-refractivity contribution in [1.29, 1.82) is 0 Å². The number of ether oxygens (including phenoxy) is 1. The summed E-state index contributed by atoms with van der Waals surface area (Å²) in [5.74, 6) is -0.0470. The van der Waals surface area contributed by atoms with E-state index in [0.717, 1.165) is 23.4 Å². The van der Waals surface area contributed by atoms with Crippen LogP contribution in [0.15, 0.2) is 65.0 Å². The molecule has 0 amide bonds. The molecule has 0 bridgehead atoms. The van der Waals surface area contributed by atoms with E-state index in [1.54, 1.807) is 40.3 Å². The molecule has 8 nitrogen and oxygen atoms in total. The molecule has 0 radical (unpaired) electrons. The Morgan fingerprint density at radius 3 is 2.60 bits per heavy atom. The fourth-order valence-electron chi connectivity index (χ4n) is 5.81. The Kier molecular flexibility index (Phi) is 6.46. The van der Waals surface area contributed by atoms with Crippen LogP contribution in [-0.2, 0) is 0 Å². The first-order chi connectivity index (χ1) is 20.7. The van der Waals surface area contributed by atoms with Gasteiger partial charge in [0.1, 0.15) is 34.2 Å². The highest BCUT2D eigenvalue weighted by Crippen LogP contribution is 2.48. The molecular weight excluding hydrogens is 577 g/mol. The number of anilines is 1. The van der Waals surface area contributed by atoms with Gasteiger partial charge in [-0.25, -0.2) is 19.0 Å². The SMILES string of the molecule is Cc1cc(-c2nn([C@H](c3cc4scc(C)n4c(=O)c3-c3cccc(F)c3)C3CC3)c3ncnc(N)c23)ccc1OC(F)F. The summed E-state index contributed by atoms with van der Waals surface area (Å²) >= 11 is 1.46. The average molecular weight is 603 g/mol. The number of nitrogen functional groups attached to an aromatic ring is 1.